The predicted octanol–water partition coefficient (Wildman–Crippen LogP) is 4.18. The highest BCUT2D eigenvalue weighted by atomic mass is 19.4. The van der Waals surface area contributed by atoms with Gasteiger partial charge in [0.1, 0.15) is 17.3 Å². The lowest BCUT2D eigenvalue weighted by molar-refractivity contribution is -0.274. The summed E-state index contributed by atoms with van der Waals surface area (Å²) < 4.78 is 43.8. The number of rotatable bonds is 5. The first-order valence-electron chi connectivity index (χ1n) is 9.40. The van der Waals surface area contributed by atoms with Gasteiger partial charge in [-0.25, -0.2) is 9.78 Å². The maximum absolute atomic E-state index is 12.8. The summed E-state index contributed by atoms with van der Waals surface area (Å²) in [5.41, 5.74) is 6.59. The molecule has 0 amide bonds. The molecule has 0 radical (unpaired) electrons. The molecule has 4 rings (SSSR count). The van der Waals surface area contributed by atoms with Gasteiger partial charge in [-0.05, 0) is 35.9 Å². The van der Waals surface area contributed by atoms with Crippen LogP contribution in [0.15, 0.2) is 54.8 Å². The van der Waals surface area contributed by atoms with Crippen molar-refractivity contribution in [3.63, 3.8) is 0 Å². The fourth-order valence-corrected chi connectivity index (χ4v) is 3.73. The summed E-state index contributed by atoms with van der Waals surface area (Å²) in [4.78, 5) is 28.8. The van der Waals surface area contributed by atoms with Crippen molar-refractivity contribution in [2.75, 3.05) is 5.73 Å². The van der Waals surface area contributed by atoms with Gasteiger partial charge in [0.15, 0.2) is 5.78 Å². The number of carboxylic acids is 1. The second kappa shape index (κ2) is 7.88. The minimum Gasteiger partial charge on any atom is -0.477 e. The molecule has 1 aromatic carbocycles. The van der Waals surface area contributed by atoms with Crippen molar-refractivity contribution in [3.8, 4) is 5.75 Å². The summed E-state index contributed by atoms with van der Waals surface area (Å²) >= 11 is 0. The van der Waals surface area contributed by atoms with Crippen LogP contribution in [0.3, 0.4) is 0 Å². The summed E-state index contributed by atoms with van der Waals surface area (Å²) in [5.74, 6) is -1.97. The van der Waals surface area contributed by atoms with Gasteiger partial charge in [-0.2, -0.15) is 0 Å². The molecule has 7 nitrogen and oxygen atoms in total. The van der Waals surface area contributed by atoms with Crippen molar-refractivity contribution in [1.82, 2.24) is 9.55 Å². The van der Waals surface area contributed by atoms with Gasteiger partial charge in [-0.1, -0.05) is 18.2 Å². The van der Waals surface area contributed by atoms with Crippen molar-refractivity contribution in [2.45, 2.75) is 19.3 Å². The Morgan fingerprint density at radius 1 is 1.25 bits per heavy atom. The van der Waals surface area contributed by atoms with Crippen LogP contribution in [0.2, 0.25) is 0 Å². The highest BCUT2D eigenvalue weighted by Crippen LogP contribution is 2.37. The van der Waals surface area contributed by atoms with Gasteiger partial charge in [-0.15, -0.1) is 13.2 Å². The number of ether oxygens (including phenoxy) is 1. The van der Waals surface area contributed by atoms with Crippen molar-refractivity contribution in [2.24, 2.45) is 0 Å². The van der Waals surface area contributed by atoms with E-state index in [2.05, 4.69) is 9.72 Å². The average molecular weight is 443 g/mol. The van der Waals surface area contributed by atoms with E-state index in [4.69, 9.17) is 5.73 Å². The van der Waals surface area contributed by atoms with Gasteiger partial charge in [0.05, 0.1) is 0 Å². The number of allylic oxidation sites excluding steroid dienone is 4. The third-order valence-electron chi connectivity index (χ3n) is 4.93. The molecule has 0 bridgehead atoms. The van der Waals surface area contributed by atoms with Gasteiger partial charge in [0.25, 0.3) is 0 Å². The van der Waals surface area contributed by atoms with Gasteiger partial charge in [-0.3, -0.25) is 4.79 Å². The van der Waals surface area contributed by atoms with E-state index in [0.29, 0.717) is 11.1 Å². The Balaban J connectivity index is 2.00. The Kier molecular flexibility index (Phi) is 5.21. The maximum Gasteiger partial charge on any atom is 0.573 e. The van der Waals surface area contributed by atoms with Crippen LogP contribution in [-0.2, 0) is 11.3 Å². The number of carboxylic acid groups (broad SMARTS) is 1. The molecule has 0 atom stereocenters. The van der Waals surface area contributed by atoms with E-state index in [1.165, 1.54) is 22.9 Å². The predicted molar refractivity (Wildman–Crippen MR) is 110 cm³/mol. The van der Waals surface area contributed by atoms with Crippen molar-refractivity contribution < 1.29 is 32.6 Å². The molecule has 1 aliphatic rings. The minimum atomic E-state index is -4.93. The van der Waals surface area contributed by atoms with E-state index in [0.717, 1.165) is 12.1 Å². The number of Topliss-reactive ketones (excluding diaryl/α,β-unsaturated/α-hetero) is 1. The summed E-state index contributed by atoms with van der Waals surface area (Å²) in [6.45, 7) is 0.0433. The van der Waals surface area contributed by atoms with Crippen molar-refractivity contribution >= 4 is 34.0 Å². The molecule has 0 spiro atoms. The number of pyridine rings is 1. The molecule has 0 unspecified atom stereocenters. The molecule has 1 aliphatic carbocycles. The summed E-state index contributed by atoms with van der Waals surface area (Å²) in [7, 11) is 0. The van der Waals surface area contributed by atoms with E-state index in [1.54, 1.807) is 24.3 Å². The lowest BCUT2D eigenvalue weighted by Crippen LogP contribution is -2.17. The van der Waals surface area contributed by atoms with Crippen molar-refractivity contribution in [1.29, 1.82) is 0 Å². The molecule has 0 aliphatic heterocycles. The summed E-state index contributed by atoms with van der Waals surface area (Å²) in [6, 6.07) is 6.73. The number of halogens is 3. The van der Waals surface area contributed by atoms with E-state index < -0.39 is 18.1 Å². The second-order valence-electron chi connectivity index (χ2n) is 7.07. The van der Waals surface area contributed by atoms with Gasteiger partial charge in [0.2, 0.25) is 0 Å². The number of hydrogen-bond acceptors (Lipinski definition) is 5. The molecule has 2 heterocycles. The first-order chi connectivity index (χ1) is 15.1. The van der Waals surface area contributed by atoms with E-state index >= 15 is 0 Å². The SMILES string of the molecule is Nc1cc(Cn2c(C(=O)O)c(C3=CC=CCC3=O)c3cc(OC(F)(F)F)ccc32)ccn1. The number of alkyl halides is 3. The molecule has 32 heavy (non-hydrogen) atoms. The van der Waals surface area contributed by atoms with Crippen LogP contribution in [0, 0.1) is 0 Å². The second-order valence-corrected chi connectivity index (χ2v) is 7.07. The van der Waals surface area contributed by atoms with Crippen LogP contribution < -0.4 is 10.5 Å². The number of nitrogen functional groups attached to an aromatic ring is 1. The Morgan fingerprint density at radius 3 is 2.69 bits per heavy atom. The quantitative estimate of drug-likeness (QED) is 0.613. The monoisotopic (exact) mass is 443 g/mol. The van der Waals surface area contributed by atoms with Crippen LogP contribution in [0.25, 0.3) is 16.5 Å². The van der Waals surface area contributed by atoms with Crippen molar-refractivity contribution in [3.05, 3.63) is 71.6 Å². The molecule has 10 heteroatoms. The molecule has 3 aromatic rings. The zero-order valence-corrected chi connectivity index (χ0v) is 16.4. The van der Waals surface area contributed by atoms with Crippen LogP contribution in [0.5, 0.6) is 5.75 Å². The lowest BCUT2D eigenvalue weighted by atomic mass is 9.93. The normalized spacial score (nSPS) is 14.0. The number of nitrogens with two attached hydrogens (primary N) is 1. The van der Waals surface area contributed by atoms with Crippen LogP contribution in [0.1, 0.15) is 28.0 Å². The van der Waals surface area contributed by atoms with Crippen LogP contribution in [-0.4, -0.2) is 32.8 Å². The van der Waals surface area contributed by atoms with Crippen LogP contribution in [0.4, 0.5) is 19.0 Å². The number of hydrogen-bond donors (Lipinski definition) is 2. The fraction of sp³-hybridized carbons (Fsp3) is 0.136. The Bertz CT molecular complexity index is 1310. The molecule has 0 fully saturated rings. The molecular formula is C22H16F3N3O4. The standard InChI is InChI=1S/C22H16F3N3O4/c23-22(24,25)32-13-5-6-16-15(10-13)19(14-3-1-2-4-17(14)29)20(21(30)31)28(16)11-12-7-8-27-18(26)9-12/h1-3,5-10H,4,11H2,(H2,26,27)(H,30,31). The highest BCUT2D eigenvalue weighted by Gasteiger charge is 2.33. The zero-order chi connectivity index (χ0) is 23.0. The summed E-state index contributed by atoms with van der Waals surface area (Å²) in [5, 5.41) is 10.2. The molecular weight excluding hydrogens is 427 g/mol. The third kappa shape index (κ3) is 4.07. The van der Waals surface area contributed by atoms with Crippen LogP contribution >= 0.6 is 0 Å². The zero-order valence-electron chi connectivity index (χ0n) is 16.4. The lowest BCUT2D eigenvalue weighted by Gasteiger charge is -2.11. The number of fused-ring (bicyclic) bond motifs is 1. The molecule has 164 valence electrons. The van der Waals surface area contributed by atoms with Gasteiger partial charge < -0.3 is 20.1 Å². The number of anilines is 1. The van der Waals surface area contributed by atoms with E-state index in [-0.39, 0.29) is 46.8 Å². The maximum atomic E-state index is 12.8. The molecule has 0 saturated carbocycles. The number of aromatic carboxylic acids is 1. The van der Waals surface area contributed by atoms with E-state index in [1.807, 2.05) is 0 Å². The fourth-order valence-electron chi connectivity index (χ4n) is 3.73. The number of ketones is 1. The summed E-state index contributed by atoms with van der Waals surface area (Å²) in [6.07, 6.45) is 1.26. The molecule has 3 N–H and O–H groups in total. The number of aromatic nitrogens is 2. The third-order valence-corrected chi connectivity index (χ3v) is 4.93. The topological polar surface area (TPSA) is 107 Å². The Hall–Kier alpha value is -4.08. The van der Waals surface area contributed by atoms with E-state index in [9.17, 15) is 27.9 Å². The molecule has 0 saturated heterocycles. The molecule has 2 aromatic heterocycles. The first kappa shape index (κ1) is 21.2. The number of benzene rings is 1. The largest absolute Gasteiger partial charge is 0.573 e. The Labute approximate surface area is 179 Å². The Morgan fingerprint density at radius 2 is 2.03 bits per heavy atom. The van der Waals surface area contributed by atoms with Gasteiger partial charge in [0, 0.05) is 41.2 Å². The van der Waals surface area contributed by atoms with Gasteiger partial charge >= 0.3 is 12.3 Å². The first-order valence-corrected chi connectivity index (χ1v) is 9.40. The number of carbonyl (C=O) groups is 2. The smallest absolute Gasteiger partial charge is 0.477 e. The number of nitrogens with zero attached hydrogens (tertiary/aromatic N) is 2. The number of carbonyl (C=O) groups excluding carboxylic acids is 1. The average Bonchev–Trinajstić information content (AvgIpc) is 3.00. The highest BCUT2D eigenvalue weighted by molar-refractivity contribution is 6.27. The minimum absolute atomic E-state index is 0.0384.